The third-order valence-electron chi connectivity index (χ3n) is 20.4. The number of rotatable bonds is 36. The number of fused-ring (bicyclic) bond motifs is 4. The number of para-hydroxylation sites is 5. The van der Waals surface area contributed by atoms with Crippen molar-refractivity contribution in [1.82, 2.24) is 54.1 Å². The molecule has 2 heterocycles. The molecular weight excluding hydrogens is 1720 g/mol. The van der Waals surface area contributed by atoms with Crippen LogP contribution in [0.3, 0.4) is 0 Å². The lowest BCUT2D eigenvalue weighted by atomic mass is 9.98. The normalized spacial score (nSPS) is 10.8. The van der Waals surface area contributed by atoms with Gasteiger partial charge in [-0.1, -0.05) is 86.3 Å². The van der Waals surface area contributed by atoms with Gasteiger partial charge in [0.15, 0.2) is 11.5 Å². The summed E-state index contributed by atoms with van der Waals surface area (Å²) in [7, 11) is 11.4. The van der Waals surface area contributed by atoms with E-state index in [9.17, 15) is 52.3 Å². The molecule has 2 aliphatic heterocycles. The molecule has 0 saturated carbocycles. The van der Waals surface area contributed by atoms with Crippen molar-refractivity contribution in [3.63, 3.8) is 0 Å². The summed E-state index contributed by atoms with van der Waals surface area (Å²) in [5.74, 6) is -0.916. The number of hydrogen-bond donors (Lipinski definition) is 18. The molecule has 0 spiro atoms. The Kier molecular flexibility index (Phi) is 45.6. The van der Waals surface area contributed by atoms with E-state index in [1.54, 1.807) is 125 Å². The third-order valence-corrected chi connectivity index (χ3v) is 20.4. The second kappa shape index (κ2) is 57.7. The zero-order chi connectivity index (χ0) is 97.1. The Morgan fingerprint density at radius 1 is 0.321 bits per heavy atom. The van der Waals surface area contributed by atoms with Crippen LogP contribution < -0.4 is 84.1 Å². The number of nitrogens with one attached hydrogen (secondary N) is 12. The average Bonchev–Trinajstić information content (AvgIpc) is 1.62. The van der Waals surface area contributed by atoms with Crippen LogP contribution in [-0.2, 0) is 19.2 Å². The topological polar surface area (TPSA) is 486 Å². The largest absolute Gasteiger partial charge is 0.454 e. The molecule has 0 radical (unpaired) electrons. The van der Waals surface area contributed by atoms with Crippen molar-refractivity contribution in [2.24, 2.45) is 9.98 Å². The highest BCUT2D eigenvalue weighted by molar-refractivity contribution is 6.17. The van der Waals surface area contributed by atoms with Gasteiger partial charge in [0.2, 0.25) is 23.6 Å². The molecule has 10 aromatic carbocycles. The van der Waals surface area contributed by atoms with Crippen molar-refractivity contribution in [3.8, 4) is 23.0 Å². The number of anilines is 4. The van der Waals surface area contributed by atoms with Crippen LogP contribution in [0.15, 0.2) is 241 Å². The van der Waals surface area contributed by atoms with E-state index >= 15 is 0 Å². The number of ether oxygens (including phenoxy) is 2. The van der Waals surface area contributed by atoms with Gasteiger partial charge in [-0.2, -0.15) is 0 Å². The third kappa shape index (κ3) is 35.5. The van der Waals surface area contributed by atoms with Gasteiger partial charge in [-0.3, -0.25) is 79.2 Å². The smallest absolute Gasteiger partial charge is 0.274 e. The summed E-state index contributed by atoms with van der Waals surface area (Å²) in [4.78, 5) is 127. The summed E-state index contributed by atoms with van der Waals surface area (Å²) in [5.41, 5.74) is 23.1. The first-order chi connectivity index (χ1) is 64.7. The summed E-state index contributed by atoms with van der Waals surface area (Å²) < 4.78 is 26.2. The van der Waals surface area contributed by atoms with E-state index in [-0.39, 0.29) is 54.1 Å². The van der Waals surface area contributed by atoms with Crippen LogP contribution in [0.1, 0.15) is 193 Å². The van der Waals surface area contributed by atoms with Gasteiger partial charge in [-0.15, -0.1) is 0 Å². The molecule has 12 rings (SSSR count). The van der Waals surface area contributed by atoms with E-state index in [0.29, 0.717) is 143 Å². The summed E-state index contributed by atoms with van der Waals surface area (Å²) >= 11 is 0. The molecule has 0 bridgehead atoms. The Hall–Kier alpha value is -15.3. The van der Waals surface area contributed by atoms with Crippen molar-refractivity contribution in [2.75, 3.05) is 88.9 Å². The van der Waals surface area contributed by atoms with Crippen molar-refractivity contribution < 1.29 is 93.1 Å². The van der Waals surface area contributed by atoms with Crippen LogP contribution in [-0.4, -0.2) is 170 Å². The minimum atomic E-state index is -0.611. The fraction of sp³-hybridized carbons (Fsp3) is 0.273. The number of hydroxylamine groups is 6. The number of halogens is 1. The van der Waals surface area contributed by atoms with Gasteiger partial charge in [0.1, 0.15) is 28.7 Å². The maximum absolute atomic E-state index is 14.1. The fourth-order valence-corrected chi connectivity index (χ4v) is 13.0. The molecule has 10 amide bonds. The van der Waals surface area contributed by atoms with E-state index in [2.05, 4.69) is 31.9 Å². The molecule has 134 heavy (non-hydrogen) atoms. The number of carbonyl (C=O) groups is 10. The fourth-order valence-electron chi connectivity index (χ4n) is 13.0. The molecule has 0 unspecified atom stereocenters. The lowest BCUT2D eigenvalue weighted by Crippen LogP contribution is -2.25. The van der Waals surface area contributed by atoms with Crippen LogP contribution >= 0.6 is 0 Å². The number of carbonyl (C=O) groups excluding carboxylic acids is 10. The molecule has 18 N–H and O–H groups in total. The van der Waals surface area contributed by atoms with E-state index in [4.69, 9.17) is 50.7 Å². The number of aliphatic imine (C=N–C) groups is 2. The summed E-state index contributed by atoms with van der Waals surface area (Å²) in [5, 5.41) is 68.1. The van der Waals surface area contributed by atoms with Crippen LogP contribution in [0.4, 0.5) is 38.5 Å². The quantitative estimate of drug-likeness (QED) is 0.00985. The minimum Gasteiger partial charge on any atom is -0.454 e. The molecule has 35 heteroatoms. The Morgan fingerprint density at radius 2 is 0.612 bits per heavy atom. The molecule has 708 valence electrons. The number of aryl methyl sites for hydroxylation is 1. The molecular formula is C99H117FN16O18. The monoisotopic (exact) mass is 1840 g/mol. The Balaban J connectivity index is 0.000000221. The SMILES string of the molecule is CN(C)c1ccc(C(=O)NCCCCC(=O)NO)cc1.CN(C)c1ccc(C(=O)NCCCCCCC(=O)NO)cc1.CNc1ccc(C(=O)NCCCCC(=O)NO)cc1.CNc1ccc(C(=O)NCCCCCCC(=O)NO)cc1.Cc1cc(F)cc2c1Oc1ccccc1N=C2c1ccc(C(=O)NO)cc1.O=C(NO)c1ccc(C2=Nc3ccccc3Oc3ccccc32)cc1. The van der Waals surface area contributed by atoms with E-state index in [0.717, 1.165) is 102 Å². The maximum Gasteiger partial charge on any atom is 0.274 e. The Morgan fingerprint density at radius 3 is 0.955 bits per heavy atom. The number of hydrogen-bond acceptors (Lipinski definition) is 24. The van der Waals surface area contributed by atoms with E-state index in [1.165, 1.54) is 12.1 Å². The summed E-state index contributed by atoms with van der Waals surface area (Å²) in [6.45, 7) is 4.04. The summed E-state index contributed by atoms with van der Waals surface area (Å²) in [6.07, 6.45) is 10.7. The second-order valence-corrected chi connectivity index (χ2v) is 30.6. The zero-order valence-corrected chi connectivity index (χ0v) is 75.8. The molecule has 2 aliphatic rings. The molecule has 0 aliphatic carbocycles. The van der Waals surface area contributed by atoms with Gasteiger partial charge in [0.25, 0.3) is 35.4 Å². The van der Waals surface area contributed by atoms with Gasteiger partial charge in [0.05, 0.1) is 11.4 Å². The van der Waals surface area contributed by atoms with Gasteiger partial charge in [0, 0.05) is 173 Å². The van der Waals surface area contributed by atoms with Crippen LogP contribution in [0.25, 0.3) is 0 Å². The minimum absolute atomic E-state index is 0.0648. The van der Waals surface area contributed by atoms with E-state index in [1.807, 2.05) is 186 Å². The van der Waals surface area contributed by atoms with Crippen molar-refractivity contribution in [3.05, 3.63) is 298 Å². The number of amides is 10. The predicted molar refractivity (Wildman–Crippen MR) is 509 cm³/mol. The number of benzene rings is 10. The highest BCUT2D eigenvalue weighted by atomic mass is 19.1. The molecule has 0 saturated heterocycles. The molecule has 0 fully saturated rings. The molecule has 0 aromatic heterocycles. The number of nitrogens with zero attached hydrogens (tertiary/aromatic N) is 4. The van der Waals surface area contributed by atoms with Crippen molar-refractivity contribution >= 4 is 105 Å². The highest BCUT2D eigenvalue weighted by Gasteiger charge is 2.25. The maximum atomic E-state index is 14.1. The Bertz CT molecular complexity index is 5540. The first kappa shape index (κ1) is 106. The molecule has 10 aromatic rings. The lowest BCUT2D eigenvalue weighted by molar-refractivity contribution is -0.130. The average molecular weight is 1840 g/mol. The van der Waals surface area contributed by atoms with Gasteiger partial charge < -0.3 is 51.2 Å². The van der Waals surface area contributed by atoms with Gasteiger partial charge in [-0.25, -0.2) is 47.3 Å². The number of unbranched alkanes of at least 4 members (excludes halogenated alkanes) is 8. The van der Waals surface area contributed by atoms with Crippen LogP contribution in [0, 0.1) is 12.7 Å². The summed E-state index contributed by atoms with van der Waals surface area (Å²) in [6, 6.07) is 68.1. The lowest BCUT2D eigenvalue weighted by Gasteiger charge is -2.13. The van der Waals surface area contributed by atoms with Crippen molar-refractivity contribution in [2.45, 2.75) is 110 Å². The van der Waals surface area contributed by atoms with Crippen molar-refractivity contribution in [1.29, 1.82) is 0 Å². The van der Waals surface area contributed by atoms with E-state index < -0.39 is 23.6 Å². The van der Waals surface area contributed by atoms with Gasteiger partial charge >= 0.3 is 0 Å². The Labute approximate surface area is 777 Å². The predicted octanol–water partition coefficient (Wildman–Crippen LogP) is 14.8. The van der Waals surface area contributed by atoms with Gasteiger partial charge in [-0.05, 0) is 234 Å². The zero-order valence-electron chi connectivity index (χ0n) is 75.8. The molecule has 34 nitrogen and oxygen atoms in total. The molecule has 0 atom stereocenters. The first-order valence-corrected chi connectivity index (χ1v) is 43.4. The van der Waals surface area contributed by atoms with Crippen LogP contribution in [0.2, 0.25) is 0 Å². The first-order valence-electron chi connectivity index (χ1n) is 43.4. The van der Waals surface area contributed by atoms with Crippen LogP contribution in [0.5, 0.6) is 23.0 Å². The standard InChI is InChI=1S/C21H15FN2O3.C20H14N2O3.C16H25N3O3.C15H23N3O3.C14H21N3O3.C13H19N3O3/c1-12-10-15(22)11-16-19(13-6-8-14(9-7-13)21(25)24-26)23-17-4-2-3-5-18(17)27-20(12)16;23-20(22-24)14-11-9-13(10-12-14)19-15-5-1-3-7-17(15)25-18-8-4-2-6-16(18)21-19;1-19(2)14-10-8-13(9-11-14)16(21)17-12-6-4-3-5-7-15(20)18-22;1-16-13-9-7-12(8-10-13)15(20)17-11-5-3-2-4-6-14(19)18-21;1-17(2)12-8-6-11(7-9-12)14(19)15-10-4-3-5-13(18)16-20;1-14-11-7-5-10(6-8-11)13(18)15-9-3-2-4-12(17)16-19/h2-11,26H,1H3,(H,24,25);1-12,24H,(H,22,23);8-11,22H,3-7,12H2,1-2H3,(H,17,21)(H,18,20);7-10,16,21H,2-6,11H2,1H3,(H,17,20)(H,18,19);6-9,20H,3-5,10H2,1-2H3,(H,15,19)(H,16,18);5-8,14,19H,2-4,9H2,1H3,(H,15,18)(H,16,17). The second-order valence-electron chi connectivity index (χ2n) is 30.6. The highest BCUT2D eigenvalue weighted by Crippen LogP contribution is 2.42.